The number of para-hydroxylation sites is 1. The lowest BCUT2D eigenvalue weighted by atomic mass is 10.2. The molecule has 0 atom stereocenters. The lowest BCUT2D eigenvalue weighted by molar-refractivity contribution is -0.123. The van der Waals surface area contributed by atoms with Crippen molar-refractivity contribution in [1.29, 1.82) is 0 Å². The third-order valence-electron chi connectivity index (χ3n) is 2.87. The number of carbonyl (C=O) groups is 1. The summed E-state index contributed by atoms with van der Waals surface area (Å²) >= 11 is 6.78. The van der Waals surface area contributed by atoms with Crippen molar-refractivity contribution >= 4 is 44.0 Å². The molecule has 2 N–H and O–H groups in total. The van der Waals surface area contributed by atoms with Crippen LogP contribution in [0.4, 0.5) is 0 Å². The Morgan fingerprint density at radius 2 is 2.09 bits per heavy atom. The molecule has 0 fully saturated rings. The lowest BCUT2D eigenvalue weighted by Crippen LogP contribution is -2.24. The summed E-state index contributed by atoms with van der Waals surface area (Å²) in [7, 11) is 0. The minimum Gasteiger partial charge on any atom is -0.507 e. The Kier molecular flexibility index (Phi) is 6.18. The summed E-state index contributed by atoms with van der Waals surface area (Å²) in [6.45, 7) is 1.72. The predicted octanol–water partition coefficient (Wildman–Crippen LogP) is 3.75. The van der Waals surface area contributed by atoms with Crippen molar-refractivity contribution < 1.29 is 14.6 Å². The van der Waals surface area contributed by atoms with Crippen molar-refractivity contribution in [3.63, 3.8) is 0 Å². The third-order valence-corrected chi connectivity index (χ3v) is 3.92. The predicted molar refractivity (Wildman–Crippen MR) is 95.9 cm³/mol. The lowest BCUT2D eigenvalue weighted by Gasteiger charge is -2.10. The molecule has 0 saturated heterocycles. The number of phenolic OH excluding ortho intramolecular Hbond substituents is 1. The van der Waals surface area contributed by atoms with Gasteiger partial charge in [0.2, 0.25) is 0 Å². The molecule has 2 aromatic rings. The van der Waals surface area contributed by atoms with E-state index in [1.165, 1.54) is 6.21 Å². The van der Waals surface area contributed by atoms with E-state index in [1.54, 1.807) is 24.3 Å². The fourth-order valence-electron chi connectivity index (χ4n) is 1.81. The number of aromatic hydroxyl groups is 1. The van der Waals surface area contributed by atoms with Crippen molar-refractivity contribution in [2.75, 3.05) is 6.61 Å². The topological polar surface area (TPSA) is 70.9 Å². The highest BCUT2D eigenvalue weighted by molar-refractivity contribution is 9.11. The highest BCUT2D eigenvalue weighted by atomic mass is 79.9. The molecule has 2 rings (SSSR count). The van der Waals surface area contributed by atoms with Gasteiger partial charge in [-0.1, -0.05) is 28.1 Å². The molecule has 0 unspecified atom stereocenters. The number of halogens is 2. The highest BCUT2D eigenvalue weighted by Crippen LogP contribution is 2.32. The maximum Gasteiger partial charge on any atom is 0.277 e. The fourth-order valence-corrected chi connectivity index (χ4v) is 3.37. The van der Waals surface area contributed by atoms with Gasteiger partial charge in [0.15, 0.2) is 6.61 Å². The quantitative estimate of drug-likeness (QED) is 0.548. The van der Waals surface area contributed by atoms with Gasteiger partial charge in [-0.2, -0.15) is 5.10 Å². The Hall–Kier alpha value is -1.86. The molecule has 0 spiro atoms. The van der Waals surface area contributed by atoms with Gasteiger partial charge in [0.05, 0.1) is 10.7 Å². The Morgan fingerprint density at radius 1 is 1.35 bits per heavy atom. The van der Waals surface area contributed by atoms with Crippen molar-refractivity contribution in [3.8, 4) is 11.5 Å². The summed E-state index contributed by atoms with van der Waals surface area (Å²) in [6.07, 6.45) is 1.37. The number of hydrogen-bond acceptors (Lipinski definition) is 4. The summed E-state index contributed by atoms with van der Waals surface area (Å²) in [5, 5.41) is 13.4. The zero-order valence-corrected chi connectivity index (χ0v) is 15.4. The molecule has 120 valence electrons. The number of amides is 1. The van der Waals surface area contributed by atoms with E-state index in [0.29, 0.717) is 11.3 Å². The first kappa shape index (κ1) is 17.5. The van der Waals surface area contributed by atoms with Gasteiger partial charge in [0.1, 0.15) is 11.5 Å². The monoisotopic (exact) mass is 440 g/mol. The van der Waals surface area contributed by atoms with Crippen LogP contribution in [0.5, 0.6) is 11.5 Å². The third kappa shape index (κ3) is 5.07. The van der Waals surface area contributed by atoms with Crippen LogP contribution in [-0.4, -0.2) is 23.8 Å². The van der Waals surface area contributed by atoms with E-state index < -0.39 is 5.91 Å². The largest absolute Gasteiger partial charge is 0.507 e. The van der Waals surface area contributed by atoms with Gasteiger partial charge in [0, 0.05) is 10.0 Å². The number of ether oxygens (including phenoxy) is 1. The number of rotatable bonds is 5. The van der Waals surface area contributed by atoms with Crippen molar-refractivity contribution in [1.82, 2.24) is 5.43 Å². The molecule has 0 heterocycles. The number of hydrogen-bond donors (Lipinski definition) is 2. The van der Waals surface area contributed by atoms with Crippen molar-refractivity contribution in [2.45, 2.75) is 6.92 Å². The van der Waals surface area contributed by atoms with Crippen molar-refractivity contribution in [2.24, 2.45) is 5.10 Å². The second kappa shape index (κ2) is 8.12. The number of nitrogens with zero attached hydrogens (tertiary/aromatic N) is 1. The van der Waals surface area contributed by atoms with Gasteiger partial charge >= 0.3 is 0 Å². The van der Waals surface area contributed by atoms with Crippen LogP contribution in [0, 0.1) is 6.92 Å². The van der Waals surface area contributed by atoms with E-state index >= 15 is 0 Å². The number of aryl methyl sites for hydroxylation is 1. The molecule has 0 bridgehead atoms. The minimum atomic E-state index is -0.397. The summed E-state index contributed by atoms with van der Waals surface area (Å²) < 4.78 is 7.19. The van der Waals surface area contributed by atoms with E-state index in [9.17, 15) is 9.90 Å². The molecule has 2 aromatic carbocycles. The highest BCUT2D eigenvalue weighted by Gasteiger charge is 2.09. The van der Waals surface area contributed by atoms with Gasteiger partial charge in [-0.15, -0.1) is 0 Å². The van der Waals surface area contributed by atoms with Gasteiger partial charge in [-0.05, 0) is 52.7 Å². The molecular weight excluding hydrogens is 428 g/mol. The van der Waals surface area contributed by atoms with Gasteiger partial charge in [-0.25, -0.2) is 5.43 Å². The standard InChI is InChI=1S/C16H14Br2N2O3/c1-10-6-12(17)7-13(18)16(10)23-9-15(22)20-19-8-11-4-2-3-5-14(11)21/h2-8,21H,9H2,1H3,(H,20,22). The fraction of sp³-hybridized carbons (Fsp3) is 0.125. The molecule has 1 amide bonds. The van der Waals surface area contributed by atoms with E-state index in [4.69, 9.17) is 4.74 Å². The molecule has 0 radical (unpaired) electrons. The molecule has 0 aliphatic rings. The summed E-state index contributed by atoms with van der Waals surface area (Å²) in [5.74, 6) is 0.301. The van der Waals surface area contributed by atoms with Crippen LogP contribution in [0.15, 0.2) is 50.4 Å². The second-order valence-electron chi connectivity index (χ2n) is 4.67. The van der Waals surface area contributed by atoms with Crippen LogP contribution in [0.25, 0.3) is 0 Å². The van der Waals surface area contributed by atoms with Crippen molar-refractivity contribution in [3.05, 3.63) is 56.5 Å². The SMILES string of the molecule is Cc1cc(Br)cc(Br)c1OCC(=O)NN=Cc1ccccc1O. The first-order valence-electron chi connectivity index (χ1n) is 6.65. The number of hydrazone groups is 1. The van der Waals surface area contributed by atoms with E-state index in [0.717, 1.165) is 14.5 Å². The second-order valence-corrected chi connectivity index (χ2v) is 6.44. The maximum atomic E-state index is 11.7. The van der Waals surface area contributed by atoms with Gasteiger partial charge < -0.3 is 9.84 Å². The Balaban J connectivity index is 1.90. The number of carbonyl (C=O) groups excluding carboxylic acids is 1. The molecule has 7 heteroatoms. The van der Waals surface area contributed by atoms with E-state index in [2.05, 4.69) is 42.4 Å². The average molecular weight is 442 g/mol. The van der Waals surface area contributed by atoms with Gasteiger partial charge in [0.25, 0.3) is 5.91 Å². The van der Waals surface area contributed by atoms with E-state index in [1.807, 2.05) is 19.1 Å². The van der Waals surface area contributed by atoms with Gasteiger partial charge in [-0.3, -0.25) is 4.79 Å². The Labute approximate surface area is 150 Å². The Morgan fingerprint density at radius 3 is 2.78 bits per heavy atom. The first-order valence-corrected chi connectivity index (χ1v) is 8.24. The zero-order chi connectivity index (χ0) is 16.8. The summed E-state index contributed by atoms with van der Waals surface area (Å²) in [4.78, 5) is 11.7. The molecule has 0 aliphatic heterocycles. The zero-order valence-electron chi connectivity index (χ0n) is 12.2. The van der Waals surface area contributed by atoms with Crippen LogP contribution >= 0.6 is 31.9 Å². The number of phenols is 1. The molecule has 0 aliphatic carbocycles. The van der Waals surface area contributed by atoms with Crippen LogP contribution in [0.1, 0.15) is 11.1 Å². The molecule has 0 saturated carbocycles. The average Bonchev–Trinajstić information content (AvgIpc) is 2.48. The van der Waals surface area contributed by atoms with Crippen LogP contribution in [0.2, 0.25) is 0 Å². The summed E-state index contributed by atoms with van der Waals surface area (Å²) in [5.41, 5.74) is 3.76. The van der Waals surface area contributed by atoms with E-state index in [-0.39, 0.29) is 12.4 Å². The number of nitrogens with one attached hydrogen (secondary N) is 1. The summed E-state index contributed by atoms with van der Waals surface area (Å²) in [6, 6.07) is 10.4. The van der Waals surface area contributed by atoms with Crippen LogP contribution in [-0.2, 0) is 4.79 Å². The number of benzene rings is 2. The van der Waals surface area contributed by atoms with Crippen LogP contribution < -0.4 is 10.2 Å². The molecular formula is C16H14Br2N2O3. The minimum absolute atomic E-state index is 0.0937. The normalized spacial score (nSPS) is 10.7. The molecule has 0 aromatic heterocycles. The first-order chi connectivity index (χ1) is 11.0. The molecule has 23 heavy (non-hydrogen) atoms. The smallest absolute Gasteiger partial charge is 0.277 e. The maximum absolute atomic E-state index is 11.7. The Bertz CT molecular complexity index is 725. The van der Waals surface area contributed by atoms with Crippen LogP contribution in [0.3, 0.4) is 0 Å². The molecule has 5 nitrogen and oxygen atoms in total.